The van der Waals surface area contributed by atoms with E-state index in [-0.39, 0.29) is 11.8 Å². The maximum atomic E-state index is 12.4. The Kier molecular flexibility index (Phi) is 5.07. The van der Waals surface area contributed by atoms with Gasteiger partial charge in [0.15, 0.2) is 0 Å². The predicted molar refractivity (Wildman–Crippen MR) is 95.0 cm³/mol. The zero-order chi connectivity index (χ0) is 17.9. The Hall–Kier alpha value is -2.36. The van der Waals surface area contributed by atoms with Crippen LogP contribution in [0.4, 0.5) is 5.69 Å². The summed E-state index contributed by atoms with van der Waals surface area (Å²) in [6.07, 6.45) is 3.38. The minimum atomic E-state index is -0.456. The van der Waals surface area contributed by atoms with E-state index in [4.69, 9.17) is 10.5 Å². The van der Waals surface area contributed by atoms with Crippen molar-refractivity contribution in [3.63, 3.8) is 0 Å². The quantitative estimate of drug-likeness (QED) is 0.568. The van der Waals surface area contributed by atoms with Gasteiger partial charge in [0.1, 0.15) is 0 Å². The number of hydrogen-bond acceptors (Lipinski definition) is 5. The van der Waals surface area contributed by atoms with Crippen LogP contribution in [0.15, 0.2) is 18.2 Å². The standard InChI is InChI=1S/C19H23N3O3/c1-25-18(24)16-3-2-15(12-14(16)4-7-19(20)8-9-19)22-17(23)13-5-10-21-11-6-13/h2-3,12-13,21H,5-6,8-11,20H2,1H3,(H,22,23). The van der Waals surface area contributed by atoms with Crippen LogP contribution in [0.2, 0.25) is 0 Å². The van der Waals surface area contributed by atoms with Gasteiger partial charge in [0.2, 0.25) is 5.91 Å². The van der Waals surface area contributed by atoms with Crippen LogP contribution in [0.5, 0.6) is 0 Å². The number of carbonyl (C=O) groups is 2. The number of carbonyl (C=O) groups excluding carboxylic acids is 2. The molecular formula is C19H23N3O3. The Bertz CT molecular complexity index is 738. The van der Waals surface area contributed by atoms with Crippen LogP contribution < -0.4 is 16.4 Å². The van der Waals surface area contributed by atoms with Crippen LogP contribution >= 0.6 is 0 Å². The molecule has 1 aromatic rings. The summed E-state index contributed by atoms with van der Waals surface area (Å²) in [5.74, 6) is 5.56. The van der Waals surface area contributed by atoms with Crippen LogP contribution in [-0.4, -0.2) is 37.6 Å². The number of nitrogens with two attached hydrogens (primary N) is 1. The molecule has 1 heterocycles. The Morgan fingerprint density at radius 2 is 2.04 bits per heavy atom. The molecule has 3 rings (SSSR count). The lowest BCUT2D eigenvalue weighted by molar-refractivity contribution is -0.120. The molecule has 2 fully saturated rings. The van der Waals surface area contributed by atoms with E-state index in [1.807, 2.05) is 0 Å². The van der Waals surface area contributed by atoms with E-state index in [0.717, 1.165) is 38.8 Å². The Morgan fingerprint density at radius 3 is 2.68 bits per heavy atom. The van der Waals surface area contributed by atoms with E-state index in [2.05, 4.69) is 22.5 Å². The first-order valence-electron chi connectivity index (χ1n) is 8.57. The van der Waals surface area contributed by atoms with Crippen molar-refractivity contribution in [1.29, 1.82) is 0 Å². The van der Waals surface area contributed by atoms with Gasteiger partial charge in [0.25, 0.3) is 0 Å². The summed E-state index contributed by atoms with van der Waals surface area (Å²) in [4.78, 5) is 24.3. The summed E-state index contributed by atoms with van der Waals surface area (Å²) in [5.41, 5.74) is 7.08. The summed E-state index contributed by atoms with van der Waals surface area (Å²) in [7, 11) is 1.33. The normalized spacial score (nSPS) is 18.6. The van der Waals surface area contributed by atoms with Crippen molar-refractivity contribution in [3.8, 4) is 11.8 Å². The first-order chi connectivity index (χ1) is 12.0. The molecule has 2 aliphatic rings. The van der Waals surface area contributed by atoms with Gasteiger partial charge in [0, 0.05) is 17.2 Å². The van der Waals surface area contributed by atoms with Gasteiger partial charge in [0.05, 0.1) is 18.2 Å². The smallest absolute Gasteiger partial charge is 0.339 e. The van der Waals surface area contributed by atoms with Crippen molar-refractivity contribution in [2.75, 3.05) is 25.5 Å². The van der Waals surface area contributed by atoms with Gasteiger partial charge in [-0.3, -0.25) is 4.79 Å². The van der Waals surface area contributed by atoms with E-state index in [1.165, 1.54) is 7.11 Å². The molecule has 0 aromatic heterocycles. The van der Waals surface area contributed by atoms with E-state index in [1.54, 1.807) is 18.2 Å². The van der Waals surface area contributed by atoms with Crippen LogP contribution in [-0.2, 0) is 9.53 Å². The fourth-order valence-corrected chi connectivity index (χ4v) is 2.79. The number of nitrogens with one attached hydrogen (secondary N) is 2. The summed E-state index contributed by atoms with van der Waals surface area (Å²) in [6, 6.07) is 5.04. The lowest BCUT2D eigenvalue weighted by Crippen LogP contribution is -2.34. The number of benzene rings is 1. The zero-order valence-electron chi connectivity index (χ0n) is 14.4. The maximum Gasteiger partial charge on any atom is 0.339 e. The molecule has 0 atom stereocenters. The highest BCUT2D eigenvalue weighted by atomic mass is 16.5. The molecule has 6 heteroatoms. The number of piperidine rings is 1. The van der Waals surface area contributed by atoms with Crippen molar-refractivity contribution in [2.24, 2.45) is 11.7 Å². The Morgan fingerprint density at radius 1 is 1.32 bits per heavy atom. The number of hydrogen-bond donors (Lipinski definition) is 3. The zero-order valence-corrected chi connectivity index (χ0v) is 14.4. The van der Waals surface area contributed by atoms with Crippen molar-refractivity contribution in [2.45, 2.75) is 31.2 Å². The largest absolute Gasteiger partial charge is 0.465 e. The summed E-state index contributed by atoms with van der Waals surface area (Å²) in [6.45, 7) is 1.71. The molecule has 25 heavy (non-hydrogen) atoms. The highest BCUT2D eigenvalue weighted by Gasteiger charge is 2.36. The molecule has 1 aliphatic carbocycles. The molecule has 0 radical (unpaired) electrons. The first-order valence-corrected chi connectivity index (χ1v) is 8.57. The second kappa shape index (κ2) is 7.26. The Labute approximate surface area is 147 Å². The molecule has 1 amide bonds. The lowest BCUT2D eigenvalue weighted by atomic mass is 9.97. The fraction of sp³-hybridized carbons (Fsp3) is 0.474. The molecule has 0 spiro atoms. The minimum Gasteiger partial charge on any atom is -0.465 e. The topological polar surface area (TPSA) is 93.4 Å². The SMILES string of the molecule is COC(=O)c1ccc(NC(=O)C2CCNCC2)cc1C#CC1(N)CC1. The fourth-order valence-electron chi connectivity index (χ4n) is 2.79. The van der Waals surface area contributed by atoms with Crippen LogP contribution in [0.3, 0.4) is 0 Å². The number of esters is 1. The second-order valence-corrected chi connectivity index (χ2v) is 6.67. The van der Waals surface area contributed by atoms with E-state index >= 15 is 0 Å². The second-order valence-electron chi connectivity index (χ2n) is 6.67. The number of anilines is 1. The van der Waals surface area contributed by atoms with Gasteiger partial charge >= 0.3 is 5.97 Å². The van der Waals surface area contributed by atoms with E-state index in [9.17, 15) is 9.59 Å². The lowest BCUT2D eigenvalue weighted by Gasteiger charge is -2.21. The van der Waals surface area contributed by atoms with Crippen molar-refractivity contribution < 1.29 is 14.3 Å². The number of amides is 1. The number of methoxy groups -OCH3 is 1. The summed E-state index contributed by atoms with van der Waals surface area (Å²) in [5, 5.41) is 6.18. The monoisotopic (exact) mass is 341 g/mol. The summed E-state index contributed by atoms with van der Waals surface area (Å²) >= 11 is 0. The maximum absolute atomic E-state index is 12.4. The van der Waals surface area contributed by atoms with Gasteiger partial charge in [-0.15, -0.1) is 0 Å². The van der Waals surface area contributed by atoms with Gasteiger partial charge in [-0.25, -0.2) is 4.79 Å². The van der Waals surface area contributed by atoms with Crippen molar-refractivity contribution in [3.05, 3.63) is 29.3 Å². The number of ether oxygens (including phenoxy) is 1. The molecule has 4 N–H and O–H groups in total. The van der Waals surface area contributed by atoms with E-state index in [0.29, 0.717) is 16.8 Å². The molecule has 1 saturated carbocycles. The molecular weight excluding hydrogens is 318 g/mol. The van der Waals surface area contributed by atoms with E-state index < -0.39 is 11.5 Å². The average molecular weight is 341 g/mol. The molecule has 1 saturated heterocycles. The average Bonchev–Trinajstić information content (AvgIpc) is 3.38. The minimum absolute atomic E-state index is 0.00344. The molecule has 6 nitrogen and oxygen atoms in total. The van der Waals surface area contributed by atoms with Crippen LogP contribution in [0.25, 0.3) is 0 Å². The third-order valence-electron chi connectivity index (χ3n) is 4.64. The molecule has 1 aliphatic heterocycles. The molecule has 132 valence electrons. The number of rotatable bonds is 3. The first kappa shape index (κ1) is 17.5. The highest BCUT2D eigenvalue weighted by Crippen LogP contribution is 2.31. The van der Waals surface area contributed by atoms with Crippen molar-refractivity contribution >= 4 is 17.6 Å². The van der Waals surface area contributed by atoms with Gasteiger partial charge in [-0.1, -0.05) is 11.8 Å². The molecule has 1 aromatic carbocycles. The molecule has 0 bridgehead atoms. The van der Waals surface area contributed by atoms with Gasteiger partial charge < -0.3 is 21.1 Å². The third-order valence-corrected chi connectivity index (χ3v) is 4.64. The van der Waals surface area contributed by atoms with Gasteiger partial charge in [-0.2, -0.15) is 0 Å². The summed E-state index contributed by atoms with van der Waals surface area (Å²) < 4.78 is 4.81. The predicted octanol–water partition coefficient (Wildman–Crippen LogP) is 1.25. The van der Waals surface area contributed by atoms with Crippen molar-refractivity contribution in [1.82, 2.24) is 5.32 Å². The highest BCUT2D eigenvalue weighted by molar-refractivity contribution is 5.96. The molecule has 0 unspecified atom stereocenters. The van der Waals surface area contributed by atoms with Crippen LogP contribution in [0.1, 0.15) is 41.6 Å². The van der Waals surface area contributed by atoms with Gasteiger partial charge in [-0.05, 0) is 57.0 Å². The third kappa shape index (κ3) is 4.38. The Balaban J connectivity index is 1.81. The van der Waals surface area contributed by atoms with Crippen LogP contribution in [0, 0.1) is 17.8 Å².